The van der Waals surface area contributed by atoms with E-state index in [-0.39, 0.29) is 36.2 Å². The molecule has 0 aromatic rings. The number of ether oxygens (including phenoxy) is 1. The van der Waals surface area contributed by atoms with Crippen LogP contribution in [0.2, 0.25) is 0 Å². The zero-order chi connectivity index (χ0) is 15.6. The molecule has 0 aromatic heterocycles. The van der Waals surface area contributed by atoms with E-state index >= 15 is 0 Å². The molecule has 9 unspecified atom stereocenters. The van der Waals surface area contributed by atoms with E-state index < -0.39 is 0 Å². The fraction of sp³-hybridized carbons (Fsp3) is 0.947. The second kappa shape index (κ2) is 4.61. The molecule has 128 valence electrons. The molecule has 0 amide bonds. The first-order chi connectivity index (χ1) is 11.1. The average Bonchev–Trinajstić information content (AvgIpc) is 3.26. The molecule has 1 aliphatic heterocycles. The van der Waals surface area contributed by atoms with E-state index in [1.165, 1.54) is 30.1 Å². The molecule has 5 saturated carbocycles. The van der Waals surface area contributed by atoms with Gasteiger partial charge in [0.15, 0.2) is 0 Å². The summed E-state index contributed by atoms with van der Waals surface area (Å²) in [6.45, 7) is 2.30. The van der Waals surface area contributed by atoms with Crippen molar-refractivity contribution in [2.75, 3.05) is 8.86 Å². The van der Waals surface area contributed by atoms with Gasteiger partial charge in [0.05, 0.1) is 0 Å². The molecule has 23 heavy (non-hydrogen) atoms. The fourth-order valence-corrected chi connectivity index (χ4v) is 12.5. The van der Waals surface area contributed by atoms with Crippen molar-refractivity contribution in [2.24, 2.45) is 47.3 Å². The Morgan fingerprint density at radius 3 is 2.61 bits per heavy atom. The molecule has 0 aromatic carbocycles. The number of hydrogen-bond acceptors (Lipinski definition) is 2. The molecular weight excluding hydrogens is 514 g/mol. The van der Waals surface area contributed by atoms with Gasteiger partial charge in [-0.2, -0.15) is 0 Å². The summed E-state index contributed by atoms with van der Waals surface area (Å²) in [6.07, 6.45) is 6.79. The third-order valence-electron chi connectivity index (χ3n) is 8.73. The number of rotatable bonds is 4. The van der Waals surface area contributed by atoms with Crippen molar-refractivity contribution < 1.29 is 30.7 Å². The van der Waals surface area contributed by atoms with E-state index in [1.807, 2.05) is 0 Å². The number of fused-ring (bicyclic) bond motifs is 8. The second-order valence-corrected chi connectivity index (χ2v) is 13.6. The van der Waals surface area contributed by atoms with Crippen LogP contribution in [0.5, 0.6) is 0 Å². The summed E-state index contributed by atoms with van der Waals surface area (Å²) in [5.41, 5.74) is -0.0576. The number of hydrogen-bond donors (Lipinski definition) is 0. The maximum absolute atomic E-state index is 12.9. The average molecular weight is 539 g/mol. The SMILES string of the molecule is CCC1(OC(=O)C2(CI)C[I-]2)CC2C3C2C1C1C2CC[C@H](C2)C31. The molecule has 6 fully saturated rings. The Bertz CT molecular complexity index is 588. The van der Waals surface area contributed by atoms with Crippen molar-refractivity contribution in [3.8, 4) is 0 Å². The predicted molar refractivity (Wildman–Crippen MR) is 92.0 cm³/mol. The Morgan fingerprint density at radius 1 is 1.22 bits per heavy atom. The van der Waals surface area contributed by atoms with Crippen molar-refractivity contribution >= 4 is 28.6 Å². The standard InChI is InChI=1S/C19H25I2O2/c1-2-19(23-17(22)18(7-20)8-21-18)6-11-14-12-9-3-4-10(5-9)13(12)16(19)15(11)14/h9-16H,2-8H2,1H3/q-1/t9-,10?,11?,12?,13?,14?,15?,16?,18?,19?/m1/s1. The van der Waals surface area contributed by atoms with E-state index in [1.54, 1.807) is 0 Å². The maximum atomic E-state index is 12.9. The third-order valence-corrected chi connectivity index (χ3v) is 14.9. The molecule has 4 heteroatoms. The van der Waals surface area contributed by atoms with Crippen molar-refractivity contribution in [3.63, 3.8) is 0 Å². The van der Waals surface area contributed by atoms with Crippen LogP contribution in [0.3, 0.4) is 0 Å². The third kappa shape index (κ3) is 1.70. The van der Waals surface area contributed by atoms with Gasteiger partial charge in [0.25, 0.3) is 0 Å². The van der Waals surface area contributed by atoms with Crippen LogP contribution in [0, 0.1) is 47.3 Å². The Kier molecular flexibility index (Phi) is 3.01. The predicted octanol–water partition coefficient (Wildman–Crippen LogP) is 0.513. The molecule has 2 nitrogen and oxygen atoms in total. The summed E-state index contributed by atoms with van der Waals surface area (Å²) < 4.78 is 8.68. The van der Waals surface area contributed by atoms with Crippen LogP contribution in [-0.4, -0.2) is 23.8 Å². The van der Waals surface area contributed by atoms with Crippen molar-refractivity contribution in [2.45, 2.75) is 48.1 Å². The van der Waals surface area contributed by atoms with Crippen molar-refractivity contribution in [1.29, 1.82) is 0 Å². The van der Waals surface area contributed by atoms with E-state index in [9.17, 15) is 4.79 Å². The summed E-state index contributed by atoms with van der Waals surface area (Å²) >= 11 is 2.50. The summed E-state index contributed by atoms with van der Waals surface area (Å²) in [7, 11) is 0. The van der Waals surface area contributed by atoms with Crippen LogP contribution in [-0.2, 0) is 9.53 Å². The zero-order valence-corrected chi connectivity index (χ0v) is 18.0. The number of carbonyl (C=O) groups is 1. The molecule has 0 radical (unpaired) electrons. The molecular formula is C19H25I2O2-. The van der Waals surface area contributed by atoms with Gasteiger partial charge < -0.3 is 0 Å². The number of alkyl halides is 3. The van der Waals surface area contributed by atoms with Gasteiger partial charge in [-0.15, -0.1) is 0 Å². The van der Waals surface area contributed by atoms with Crippen molar-refractivity contribution in [1.82, 2.24) is 0 Å². The molecule has 6 rings (SSSR count). The topological polar surface area (TPSA) is 26.3 Å². The van der Waals surface area contributed by atoms with E-state index in [0.717, 1.165) is 58.2 Å². The van der Waals surface area contributed by atoms with Gasteiger partial charge >= 0.3 is 164 Å². The Balaban J connectivity index is 1.33. The van der Waals surface area contributed by atoms with Crippen LogP contribution >= 0.6 is 22.6 Å². The Hall–Kier alpha value is 0.930. The molecule has 2 bridgehead atoms. The minimum atomic E-state index is -0.0576. The minimum absolute atomic E-state index is 0.0144. The van der Waals surface area contributed by atoms with Gasteiger partial charge in [0.2, 0.25) is 0 Å². The quantitative estimate of drug-likeness (QED) is 0.296. The number of carbonyl (C=O) groups excluding carboxylic acids is 1. The number of esters is 1. The van der Waals surface area contributed by atoms with E-state index in [2.05, 4.69) is 29.5 Å². The van der Waals surface area contributed by atoms with Gasteiger partial charge in [0, 0.05) is 0 Å². The molecule has 1 saturated heterocycles. The first-order valence-electron chi connectivity index (χ1n) is 9.54. The van der Waals surface area contributed by atoms with Crippen molar-refractivity contribution in [3.05, 3.63) is 0 Å². The van der Waals surface area contributed by atoms with Crippen LogP contribution in [0.4, 0.5) is 0 Å². The number of halogens is 2. The molecule has 10 atom stereocenters. The normalized spacial score (nSPS) is 63.4. The van der Waals surface area contributed by atoms with E-state index in [0.29, 0.717) is 0 Å². The van der Waals surface area contributed by atoms with Crippen LogP contribution < -0.4 is 21.2 Å². The van der Waals surface area contributed by atoms with Gasteiger partial charge in [-0.1, -0.05) is 0 Å². The Morgan fingerprint density at radius 2 is 1.96 bits per heavy atom. The first-order valence-corrected chi connectivity index (χ1v) is 13.7. The van der Waals surface area contributed by atoms with E-state index in [4.69, 9.17) is 4.74 Å². The van der Waals surface area contributed by atoms with Gasteiger partial charge in [-0.3, -0.25) is 0 Å². The molecule has 1 heterocycles. The van der Waals surface area contributed by atoms with Gasteiger partial charge in [0.1, 0.15) is 0 Å². The summed E-state index contributed by atoms with van der Waals surface area (Å²) in [4.78, 5) is 12.9. The molecule has 6 aliphatic rings. The zero-order valence-electron chi connectivity index (χ0n) is 13.6. The monoisotopic (exact) mass is 539 g/mol. The summed E-state index contributed by atoms with van der Waals surface area (Å²) in [5.74, 6) is 7.88. The first kappa shape index (κ1) is 15.0. The van der Waals surface area contributed by atoms with Gasteiger partial charge in [-0.25, -0.2) is 0 Å². The second-order valence-electron chi connectivity index (χ2n) is 9.21. The fourth-order valence-electron chi connectivity index (χ4n) is 7.88. The molecule has 0 spiro atoms. The summed E-state index contributed by atoms with van der Waals surface area (Å²) in [6, 6.07) is 0. The van der Waals surface area contributed by atoms with Crippen LogP contribution in [0.1, 0.15) is 39.0 Å². The van der Waals surface area contributed by atoms with Crippen LogP contribution in [0.25, 0.3) is 0 Å². The van der Waals surface area contributed by atoms with Crippen LogP contribution in [0.15, 0.2) is 0 Å². The molecule has 0 N–H and O–H groups in total. The summed E-state index contributed by atoms with van der Waals surface area (Å²) in [5, 5.41) is 0. The Labute approximate surface area is 162 Å². The van der Waals surface area contributed by atoms with Gasteiger partial charge in [-0.05, 0) is 0 Å². The molecule has 5 aliphatic carbocycles.